The highest BCUT2D eigenvalue weighted by molar-refractivity contribution is 7.92. The summed E-state index contributed by atoms with van der Waals surface area (Å²) < 4.78 is 28.0. The highest BCUT2D eigenvalue weighted by atomic mass is 35.5. The standard InChI is InChI=1S/C27H28ClN3O4S/c1-20-5-2-8-24(15-20)31(36(34,35)25-12-10-23(28)11-13-25)19-26(32)29-17-21-6-3-7-22(16-21)18-30-14-4-9-27(30)33/h2-3,5-8,10-13,15-16H,4,9,14,17-19H2,1H3,(H,29,32). The Bertz CT molecular complexity index is 1360. The van der Waals surface area contributed by atoms with Gasteiger partial charge in [0.15, 0.2) is 0 Å². The fraction of sp³-hybridized carbons (Fsp3) is 0.259. The number of amides is 2. The Labute approximate surface area is 216 Å². The third-order valence-electron chi connectivity index (χ3n) is 6.00. The molecule has 36 heavy (non-hydrogen) atoms. The van der Waals surface area contributed by atoms with Crippen molar-refractivity contribution < 1.29 is 18.0 Å². The minimum Gasteiger partial charge on any atom is -0.350 e. The minimum atomic E-state index is -4.01. The van der Waals surface area contributed by atoms with Gasteiger partial charge in [-0.05, 0) is 66.4 Å². The first-order valence-corrected chi connectivity index (χ1v) is 13.5. The molecule has 1 fully saturated rings. The first kappa shape index (κ1) is 25.7. The van der Waals surface area contributed by atoms with Crippen molar-refractivity contribution in [2.45, 2.75) is 37.8 Å². The molecule has 0 radical (unpaired) electrons. The van der Waals surface area contributed by atoms with Gasteiger partial charge in [0.2, 0.25) is 11.8 Å². The molecule has 7 nitrogen and oxygen atoms in total. The van der Waals surface area contributed by atoms with Crippen molar-refractivity contribution in [3.05, 3.63) is 94.5 Å². The number of benzene rings is 3. The molecule has 1 heterocycles. The van der Waals surface area contributed by atoms with Crippen LogP contribution in [-0.2, 0) is 32.7 Å². The van der Waals surface area contributed by atoms with Crippen molar-refractivity contribution in [1.29, 1.82) is 0 Å². The van der Waals surface area contributed by atoms with Crippen molar-refractivity contribution >= 4 is 39.1 Å². The number of carbonyl (C=O) groups excluding carboxylic acids is 2. The van der Waals surface area contributed by atoms with E-state index in [0.29, 0.717) is 23.7 Å². The summed E-state index contributed by atoms with van der Waals surface area (Å²) in [5.74, 6) is -0.277. The molecule has 1 N–H and O–H groups in total. The second-order valence-electron chi connectivity index (χ2n) is 8.82. The molecule has 0 atom stereocenters. The molecule has 4 rings (SSSR count). The molecule has 0 aromatic heterocycles. The molecule has 3 aromatic carbocycles. The number of sulfonamides is 1. The van der Waals surface area contributed by atoms with Gasteiger partial charge in [0.25, 0.3) is 10.0 Å². The van der Waals surface area contributed by atoms with E-state index in [2.05, 4.69) is 5.32 Å². The smallest absolute Gasteiger partial charge is 0.264 e. The van der Waals surface area contributed by atoms with Gasteiger partial charge >= 0.3 is 0 Å². The molecule has 1 saturated heterocycles. The lowest BCUT2D eigenvalue weighted by Crippen LogP contribution is -2.40. The average molecular weight is 526 g/mol. The van der Waals surface area contributed by atoms with Crippen LogP contribution in [0.3, 0.4) is 0 Å². The first-order valence-electron chi connectivity index (χ1n) is 11.7. The van der Waals surface area contributed by atoms with Gasteiger partial charge in [-0.1, -0.05) is 48.0 Å². The van der Waals surface area contributed by atoms with E-state index < -0.39 is 15.9 Å². The molecule has 0 bridgehead atoms. The molecule has 0 unspecified atom stereocenters. The highest BCUT2D eigenvalue weighted by Gasteiger charge is 2.27. The van der Waals surface area contributed by atoms with E-state index >= 15 is 0 Å². The SMILES string of the molecule is Cc1cccc(N(CC(=O)NCc2cccc(CN3CCCC3=O)c2)S(=O)(=O)c2ccc(Cl)cc2)c1. The van der Waals surface area contributed by atoms with Crippen LogP contribution >= 0.6 is 11.6 Å². The largest absolute Gasteiger partial charge is 0.350 e. The summed E-state index contributed by atoms with van der Waals surface area (Å²) in [7, 11) is -4.01. The number of hydrogen-bond donors (Lipinski definition) is 1. The van der Waals surface area contributed by atoms with Gasteiger partial charge in [0.05, 0.1) is 10.6 Å². The van der Waals surface area contributed by atoms with E-state index in [4.69, 9.17) is 11.6 Å². The Morgan fingerprint density at radius 2 is 1.75 bits per heavy atom. The van der Waals surface area contributed by atoms with Crippen molar-refractivity contribution in [2.24, 2.45) is 0 Å². The van der Waals surface area contributed by atoms with Crippen molar-refractivity contribution in [3.8, 4) is 0 Å². The number of nitrogens with one attached hydrogen (secondary N) is 1. The molecule has 0 saturated carbocycles. The molecule has 1 aliphatic heterocycles. The van der Waals surface area contributed by atoms with E-state index in [0.717, 1.165) is 34.0 Å². The quantitative estimate of drug-likeness (QED) is 0.451. The summed E-state index contributed by atoms with van der Waals surface area (Å²) in [5.41, 5.74) is 3.13. The summed E-state index contributed by atoms with van der Waals surface area (Å²) >= 11 is 5.94. The zero-order chi connectivity index (χ0) is 25.7. The molecule has 188 valence electrons. The summed E-state index contributed by atoms with van der Waals surface area (Å²) in [6.45, 7) is 3.02. The average Bonchev–Trinajstić information content (AvgIpc) is 3.25. The summed E-state index contributed by atoms with van der Waals surface area (Å²) in [6.07, 6.45) is 1.47. The van der Waals surface area contributed by atoms with Crippen molar-refractivity contribution in [1.82, 2.24) is 10.2 Å². The van der Waals surface area contributed by atoms with Gasteiger partial charge in [-0.2, -0.15) is 0 Å². The van der Waals surface area contributed by atoms with Crippen LogP contribution in [0.2, 0.25) is 5.02 Å². The fourth-order valence-electron chi connectivity index (χ4n) is 4.15. The van der Waals surface area contributed by atoms with Crippen LogP contribution in [0.25, 0.3) is 0 Å². The Balaban J connectivity index is 1.48. The van der Waals surface area contributed by atoms with Crippen LogP contribution in [0.5, 0.6) is 0 Å². The molecule has 2 amide bonds. The summed E-state index contributed by atoms with van der Waals surface area (Å²) in [4.78, 5) is 26.7. The zero-order valence-corrected chi connectivity index (χ0v) is 21.6. The second-order valence-corrected chi connectivity index (χ2v) is 11.1. The number of rotatable bonds is 9. The number of likely N-dealkylation sites (tertiary alicyclic amines) is 1. The zero-order valence-electron chi connectivity index (χ0n) is 20.0. The maximum Gasteiger partial charge on any atom is 0.264 e. The normalized spacial score (nSPS) is 13.6. The maximum atomic E-state index is 13.5. The van der Waals surface area contributed by atoms with Crippen LogP contribution in [0.1, 0.15) is 29.5 Å². The van der Waals surface area contributed by atoms with Crippen LogP contribution in [0.4, 0.5) is 5.69 Å². The van der Waals surface area contributed by atoms with Crippen LogP contribution in [0.15, 0.2) is 77.7 Å². The molecular formula is C27H28ClN3O4S. The third kappa shape index (κ3) is 6.25. The van der Waals surface area contributed by atoms with E-state index in [1.165, 1.54) is 24.3 Å². The predicted molar refractivity (Wildman–Crippen MR) is 140 cm³/mol. The van der Waals surface area contributed by atoms with E-state index in [1.807, 2.05) is 42.2 Å². The molecule has 0 aliphatic carbocycles. The Hall–Kier alpha value is -3.36. The van der Waals surface area contributed by atoms with Gasteiger partial charge in [-0.3, -0.25) is 13.9 Å². The fourth-order valence-corrected chi connectivity index (χ4v) is 5.69. The van der Waals surface area contributed by atoms with Crippen molar-refractivity contribution in [3.63, 3.8) is 0 Å². The number of aryl methyl sites for hydroxylation is 1. The first-order chi connectivity index (χ1) is 17.2. The summed E-state index contributed by atoms with van der Waals surface area (Å²) in [6, 6.07) is 20.6. The van der Waals surface area contributed by atoms with Gasteiger partial charge in [0, 0.05) is 31.1 Å². The molecule has 0 spiro atoms. The van der Waals surface area contributed by atoms with E-state index in [9.17, 15) is 18.0 Å². The monoisotopic (exact) mass is 525 g/mol. The number of halogens is 1. The van der Waals surface area contributed by atoms with Crippen LogP contribution in [-0.4, -0.2) is 38.2 Å². The maximum absolute atomic E-state index is 13.5. The lowest BCUT2D eigenvalue weighted by molar-refractivity contribution is -0.128. The minimum absolute atomic E-state index is 0.0466. The van der Waals surface area contributed by atoms with Gasteiger partial charge in [0.1, 0.15) is 6.54 Å². The number of hydrogen-bond acceptors (Lipinski definition) is 4. The van der Waals surface area contributed by atoms with Gasteiger partial charge in [-0.15, -0.1) is 0 Å². The second kappa shape index (κ2) is 11.1. The predicted octanol–water partition coefficient (Wildman–Crippen LogP) is 4.28. The lowest BCUT2D eigenvalue weighted by Gasteiger charge is -2.24. The number of nitrogens with zero attached hydrogens (tertiary/aromatic N) is 2. The van der Waals surface area contributed by atoms with E-state index in [-0.39, 0.29) is 23.9 Å². The molecule has 1 aliphatic rings. The lowest BCUT2D eigenvalue weighted by atomic mass is 10.1. The summed E-state index contributed by atoms with van der Waals surface area (Å²) in [5, 5.41) is 3.25. The Kier molecular flexibility index (Phi) is 7.96. The van der Waals surface area contributed by atoms with Gasteiger partial charge < -0.3 is 10.2 Å². The Morgan fingerprint density at radius 3 is 2.44 bits per heavy atom. The number of anilines is 1. The van der Waals surface area contributed by atoms with Crippen LogP contribution in [0, 0.1) is 6.92 Å². The third-order valence-corrected chi connectivity index (χ3v) is 8.04. The molecule has 9 heteroatoms. The highest BCUT2D eigenvalue weighted by Crippen LogP contribution is 2.25. The Morgan fingerprint density at radius 1 is 1.03 bits per heavy atom. The van der Waals surface area contributed by atoms with Crippen molar-refractivity contribution in [2.75, 3.05) is 17.4 Å². The topological polar surface area (TPSA) is 86.8 Å². The molecule has 3 aromatic rings. The molecular weight excluding hydrogens is 498 g/mol. The van der Waals surface area contributed by atoms with Crippen LogP contribution < -0.4 is 9.62 Å². The number of carbonyl (C=O) groups is 2. The van der Waals surface area contributed by atoms with Gasteiger partial charge in [-0.25, -0.2) is 8.42 Å². The van der Waals surface area contributed by atoms with E-state index in [1.54, 1.807) is 18.2 Å².